The van der Waals surface area contributed by atoms with Crippen LogP contribution in [0, 0.1) is 0 Å². The van der Waals surface area contributed by atoms with E-state index in [-0.39, 0.29) is 12.8 Å². The summed E-state index contributed by atoms with van der Waals surface area (Å²) in [6, 6.07) is 10.8. The molecule has 1 fully saturated rings. The zero-order valence-electron chi connectivity index (χ0n) is 13.1. The van der Waals surface area contributed by atoms with Gasteiger partial charge >= 0.3 is 5.97 Å². The van der Waals surface area contributed by atoms with E-state index in [1.54, 1.807) is 6.20 Å². The lowest BCUT2D eigenvalue weighted by Gasteiger charge is -2.31. The lowest BCUT2D eigenvalue weighted by molar-refractivity contribution is -0.142. The van der Waals surface area contributed by atoms with Crippen LogP contribution >= 0.6 is 0 Å². The number of fused-ring (bicyclic) bond motifs is 1. The molecule has 124 valence electrons. The Balaban J connectivity index is 1.78. The van der Waals surface area contributed by atoms with Crippen molar-refractivity contribution in [3.63, 3.8) is 0 Å². The normalized spacial score (nSPS) is 20.9. The highest BCUT2D eigenvalue weighted by Crippen LogP contribution is 2.39. The predicted molar refractivity (Wildman–Crippen MR) is 86.0 cm³/mol. The zero-order chi connectivity index (χ0) is 16.5. The summed E-state index contributed by atoms with van der Waals surface area (Å²) in [5.41, 5.74) is 1.80. The van der Waals surface area contributed by atoms with Crippen molar-refractivity contribution in [2.75, 3.05) is 13.3 Å². The van der Waals surface area contributed by atoms with E-state index in [2.05, 4.69) is 4.98 Å². The summed E-state index contributed by atoms with van der Waals surface area (Å²) < 4.78 is 10.9. The molecule has 6 heteroatoms. The lowest BCUT2D eigenvalue weighted by atomic mass is 9.99. The number of aromatic nitrogens is 1. The Morgan fingerprint density at radius 1 is 1.25 bits per heavy atom. The van der Waals surface area contributed by atoms with Gasteiger partial charge in [0.15, 0.2) is 11.5 Å². The van der Waals surface area contributed by atoms with Gasteiger partial charge in [0.05, 0.1) is 11.7 Å². The van der Waals surface area contributed by atoms with Gasteiger partial charge in [0.2, 0.25) is 6.79 Å². The first kappa shape index (κ1) is 15.0. The molecule has 1 aromatic heterocycles. The number of carboxylic acid groups (broad SMARTS) is 1. The molecule has 0 bridgehead atoms. The number of carboxylic acids is 1. The van der Waals surface area contributed by atoms with Crippen molar-refractivity contribution in [1.82, 2.24) is 9.88 Å². The second-order valence-corrected chi connectivity index (χ2v) is 6.00. The SMILES string of the molecule is O=C(O)C1CCCN1C(c1ccc2c(c1)OCO2)c1ccccn1. The van der Waals surface area contributed by atoms with Crippen LogP contribution in [0.5, 0.6) is 11.5 Å². The summed E-state index contributed by atoms with van der Waals surface area (Å²) in [5, 5.41) is 9.57. The van der Waals surface area contributed by atoms with Crippen LogP contribution in [0.4, 0.5) is 0 Å². The quantitative estimate of drug-likeness (QED) is 0.930. The van der Waals surface area contributed by atoms with Gasteiger partial charge in [-0.15, -0.1) is 0 Å². The number of ether oxygens (including phenoxy) is 2. The molecule has 2 aliphatic heterocycles. The van der Waals surface area contributed by atoms with Gasteiger partial charge in [-0.3, -0.25) is 14.7 Å². The van der Waals surface area contributed by atoms with Crippen molar-refractivity contribution in [3.8, 4) is 11.5 Å². The first-order valence-corrected chi connectivity index (χ1v) is 8.03. The fourth-order valence-electron chi connectivity index (χ4n) is 3.52. The van der Waals surface area contributed by atoms with E-state index >= 15 is 0 Å². The molecule has 0 saturated carbocycles. The molecule has 2 unspecified atom stereocenters. The minimum atomic E-state index is -0.783. The number of rotatable bonds is 4. The number of hydrogen-bond donors (Lipinski definition) is 1. The minimum absolute atomic E-state index is 0.217. The van der Waals surface area contributed by atoms with Crippen LogP contribution in [0.2, 0.25) is 0 Å². The molecule has 24 heavy (non-hydrogen) atoms. The number of carbonyl (C=O) groups is 1. The van der Waals surface area contributed by atoms with Gasteiger partial charge in [-0.25, -0.2) is 0 Å². The summed E-state index contributed by atoms with van der Waals surface area (Å²) in [4.78, 5) is 18.2. The fourth-order valence-corrected chi connectivity index (χ4v) is 3.52. The third-order valence-electron chi connectivity index (χ3n) is 4.59. The molecule has 2 atom stereocenters. The van der Waals surface area contributed by atoms with Crippen molar-refractivity contribution < 1.29 is 19.4 Å². The molecule has 4 rings (SSSR count). The minimum Gasteiger partial charge on any atom is -0.480 e. The average Bonchev–Trinajstić information content (AvgIpc) is 3.25. The first-order valence-electron chi connectivity index (χ1n) is 8.03. The highest BCUT2D eigenvalue weighted by Gasteiger charge is 2.37. The van der Waals surface area contributed by atoms with Crippen molar-refractivity contribution in [2.24, 2.45) is 0 Å². The fraction of sp³-hybridized carbons (Fsp3) is 0.333. The molecule has 3 heterocycles. The number of hydrogen-bond acceptors (Lipinski definition) is 5. The standard InChI is InChI=1S/C18H18N2O4/c21-18(22)14-5-3-9-20(14)17(13-4-1-2-8-19-13)12-6-7-15-16(10-12)24-11-23-15/h1-2,4,6-8,10,14,17H,3,5,9,11H2,(H,21,22). The Morgan fingerprint density at radius 2 is 2.12 bits per heavy atom. The van der Waals surface area contributed by atoms with E-state index in [1.165, 1.54) is 0 Å². The number of pyridine rings is 1. The highest BCUT2D eigenvalue weighted by molar-refractivity contribution is 5.74. The van der Waals surface area contributed by atoms with Crippen molar-refractivity contribution >= 4 is 5.97 Å². The number of nitrogens with zero attached hydrogens (tertiary/aromatic N) is 2. The van der Waals surface area contributed by atoms with Crippen molar-refractivity contribution in [1.29, 1.82) is 0 Å². The van der Waals surface area contributed by atoms with Gasteiger partial charge < -0.3 is 14.6 Å². The van der Waals surface area contributed by atoms with E-state index in [9.17, 15) is 9.90 Å². The van der Waals surface area contributed by atoms with Crippen LogP contribution in [0.1, 0.15) is 30.1 Å². The van der Waals surface area contributed by atoms with Crippen LogP contribution in [0.25, 0.3) is 0 Å². The Labute approximate surface area is 139 Å². The maximum atomic E-state index is 11.7. The monoisotopic (exact) mass is 326 g/mol. The van der Waals surface area contributed by atoms with Gasteiger partial charge in [0.1, 0.15) is 6.04 Å². The van der Waals surface area contributed by atoms with Crippen LogP contribution in [-0.2, 0) is 4.79 Å². The summed E-state index contributed by atoms with van der Waals surface area (Å²) in [6.07, 6.45) is 3.26. The van der Waals surface area contributed by atoms with E-state index in [1.807, 2.05) is 41.3 Å². The predicted octanol–water partition coefficient (Wildman–Crippen LogP) is 2.45. The van der Waals surface area contributed by atoms with E-state index in [0.29, 0.717) is 12.2 Å². The molecule has 1 N–H and O–H groups in total. The maximum absolute atomic E-state index is 11.7. The Bertz CT molecular complexity index is 750. The summed E-state index contributed by atoms with van der Waals surface area (Å²) in [7, 11) is 0. The van der Waals surface area contributed by atoms with Gasteiger partial charge in [-0.1, -0.05) is 12.1 Å². The van der Waals surface area contributed by atoms with E-state index in [4.69, 9.17) is 9.47 Å². The summed E-state index contributed by atoms with van der Waals surface area (Å²) in [5.74, 6) is 0.628. The molecule has 0 spiro atoms. The first-order chi connectivity index (χ1) is 11.7. The zero-order valence-corrected chi connectivity index (χ0v) is 13.1. The second-order valence-electron chi connectivity index (χ2n) is 6.00. The molecule has 0 amide bonds. The lowest BCUT2D eigenvalue weighted by Crippen LogP contribution is -2.39. The molecule has 6 nitrogen and oxygen atoms in total. The molecular formula is C18H18N2O4. The van der Waals surface area contributed by atoms with Gasteiger partial charge in [0, 0.05) is 12.7 Å². The van der Waals surface area contributed by atoms with Crippen LogP contribution < -0.4 is 9.47 Å². The van der Waals surface area contributed by atoms with Crippen LogP contribution in [-0.4, -0.2) is 40.3 Å². The number of aliphatic carboxylic acids is 1. The second kappa shape index (κ2) is 6.13. The molecule has 2 aliphatic rings. The average molecular weight is 326 g/mol. The van der Waals surface area contributed by atoms with E-state index in [0.717, 1.165) is 30.0 Å². The maximum Gasteiger partial charge on any atom is 0.320 e. The molecule has 0 aliphatic carbocycles. The molecule has 1 aromatic carbocycles. The smallest absolute Gasteiger partial charge is 0.320 e. The largest absolute Gasteiger partial charge is 0.480 e. The third kappa shape index (κ3) is 2.59. The molecule has 2 aromatic rings. The van der Waals surface area contributed by atoms with Gasteiger partial charge in [-0.2, -0.15) is 0 Å². The molecular weight excluding hydrogens is 308 g/mol. The Kier molecular flexibility index (Phi) is 3.82. The Hall–Kier alpha value is -2.60. The van der Waals surface area contributed by atoms with Gasteiger partial charge in [0.25, 0.3) is 0 Å². The topological polar surface area (TPSA) is 71.9 Å². The van der Waals surface area contributed by atoms with Gasteiger partial charge in [-0.05, 0) is 42.7 Å². The Morgan fingerprint density at radius 3 is 2.92 bits per heavy atom. The summed E-state index contributed by atoms with van der Waals surface area (Å²) in [6.45, 7) is 0.946. The number of likely N-dealkylation sites (tertiary alicyclic amines) is 1. The number of benzene rings is 1. The third-order valence-corrected chi connectivity index (χ3v) is 4.59. The van der Waals surface area contributed by atoms with Crippen molar-refractivity contribution in [3.05, 3.63) is 53.9 Å². The highest BCUT2D eigenvalue weighted by atomic mass is 16.7. The van der Waals surface area contributed by atoms with Crippen molar-refractivity contribution in [2.45, 2.75) is 24.9 Å². The molecule has 0 radical (unpaired) electrons. The van der Waals surface area contributed by atoms with Crippen LogP contribution in [0.15, 0.2) is 42.6 Å². The van der Waals surface area contributed by atoms with Crippen LogP contribution in [0.3, 0.4) is 0 Å². The summed E-state index contributed by atoms with van der Waals surface area (Å²) >= 11 is 0. The molecule has 1 saturated heterocycles. The van der Waals surface area contributed by atoms with E-state index < -0.39 is 12.0 Å².